The van der Waals surface area contributed by atoms with E-state index in [0.717, 1.165) is 23.0 Å². The van der Waals surface area contributed by atoms with E-state index in [1.54, 1.807) is 6.33 Å². The second kappa shape index (κ2) is 5.70. The molecule has 0 amide bonds. The summed E-state index contributed by atoms with van der Waals surface area (Å²) in [5.74, 6) is 0.785. The topological polar surface area (TPSA) is 42.7 Å². The van der Waals surface area contributed by atoms with E-state index in [1.807, 2.05) is 22.9 Å². The van der Waals surface area contributed by atoms with Crippen LogP contribution in [0.2, 0.25) is 5.02 Å². The molecule has 5 heteroatoms. The summed E-state index contributed by atoms with van der Waals surface area (Å²) in [6, 6.07) is 16.8. The van der Waals surface area contributed by atoms with E-state index >= 15 is 0 Å². The van der Waals surface area contributed by atoms with Crippen LogP contribution in [0.1, 0.15) is 35.2 Å². The minimum atomic E-state index is 0.117. The van der Waals surface area contributed by atoms with Gasteiger partial charge in [0, 0.05) is 5.02 Å². The van der Waals surface area contributed by atoms with Crippen molar-refractivity contribution in [2.24, 2.45) is 0 Å². The van der Waals surface area contributed by atoms with Gasteiger partial charge in [0.25, 0.3) is 0 Å². The number of hydrogen-bond donors (Lipinski definition) is 1. The average Bonchev–Trinajstić information content (AvgIpc) is 3.03. The summed E-state index contributed by atoms with van der Waals surface area (Å²) in [6.07, 6.45) is 2.48. The number of fused-ring (bicyclic) bond motifs is 1. The molecule has 0 unspecified atom stereocenters. The van der Waals surface area contributed by atoms with E-state index in [4.69, 9.17) is 11.6 Å². The van der Waals surface area contributed by atoms with Gasteiger partial charge in [-0.05, 0) is 30.5 Å². The molecule has 2 aromatic carbocycles. The summed E-state index contributed by atoms with van der Waals surface area (Å²) in [6.45, 7) is 2.11. The first-order valence-corrected chi connectivity index (χ1v) is 8.07. The molecular weight excluding hydrogens is 308 g/mol. The Labute approximate surface area is 140 Å². The van der Waals surface area contributed by atoms with Gasteiger partial charge in [0.15, 0.2) is 0 Å². The summed E-state index contributed by atoms with van der Waals surface area (Å²) in [5, 5.41) is 8.64. The SMILES string of the molecule is Cc1cccc([C@H]2C[C@@H](c3ccccc3Cl)Nc3ncnn32)c1. The van der Waals surface area contributed by atoms with E-state index in [-0.39, 0.29) is 12.1 Å². The standard InChI is InChI=1S/C18H17ClN4/c1-12-5-4-6-13(9-12)17-10-16(14-7-2-3-8-15(14)19)22-18-20-11-21-23(17)18/h2-9,11,16-17H,10H2,1H3,(H,20,21,22)/t16-,17+/m0/s1. The largest absolute Gasteiger partial charge is 0.347 e. The van der Waals surface area contributed by atoms with Crippen LogP contribution in [0.3, 0.4) is 0 Å². The van der Waals surface area contributed by atoms with Crippen LogP contribution in [0.15, 0.2) is 54.9 Å². The maximum absolute atomic E-state index is 6.39. The molecule has 1 aromatic heterocycles. The summed E-state index contributed by atoms with van der Waals surface area (Å²) in [4.78, 5) is 4.36. The fourth-order valence-electron chi connectivity index (χ4n) is 3.24. The Hall–Kier alpha value is -2.33. The van der Waals surface area contributed by atoms with E-state index in [0.29, 0.717) is 0 Å². The molecule has 0 saturated carbocycles. The highest BCUT2D eigenvalue weighted by Gasteiger charge is 2.30. The third-order valence-corrected chi connectivity index (χ3v) is 4.68. The Morgan fingerprint density at radius 1 is 1.17 bits per heavy atom. The maximum atomic E-state index is 6.39. The van der Waals surface area contributed by atoms with Gasteiger partial charge in [-0.25, -0.2) is 4.68 Å². The summed E-state index contributed by atoms with van der Waals surface area (Å²) >= 11 is 6.39. The third kappa shape index (κ3) is 2.59. The normalized spacial score (nSPS) is 19.9. The zero-order chi connectivity index (χ0) is 15.8. The first-order chi connectivity index (χ1) is 11.2. The van der Waals surface area contributed by atoms with Gasteiger partial charge in [0.05, 0.1) is 12.1 Å². The Morgan fingerprint density at radius 2 is 2.04 bits per heavy atom. The number of nitrogens with one attached hydrogen (secondary N) is 1. The molecule has 0 saturated heterocycles. The van der Waals surface area contributed by atoms with Gasteiger partial charge in [-0.15, -0.1) is 0 Å². The van der Waals surface area contributed by atoms with Crippen LogP contribution < -0.4 is 5.32 Å². The Morgan fingerprint density at radius 3 is 2.87 bits per heavy atom. The van der Waals surface area contributed by atoms with Gasteiger partial charge in [-0.3, -0.25) is 0 Å². The predicted octanol–water partition coefficient (Wildman–Crippen LogP) is 4.39. The molecule has 2 heterocycles. The highest BCUT2D eigenvalue weighted by Crippen LogP contribution is 2.39. The predicted molar refractivity (Wildman–Crippen MR) is 91.8 cm³/mol. The lowest BCUT2D eigenvalue weighted by Crippen LogP contribution is -2.28. The molecule has 23 heavy (non-hydrogen) atoms. The fourth-order valence-corrected chi connectivity index (χ4v) is 3.50. The lowest BCUT2D eigenvalue weighted by atomic mass is 9.92. The third-order valence-electron chi connectivity index (χ3n) is 4.34. The summed E-state index contributed by atoms with van der Waals surface area (Å²) < 4.78 is 1.96. The number of aromatic nitrogens is 3. The zero-order valence-corrected chi connectivity index (χ0v) is 13.5. The van der Waals surface area contributed by atoms with Crippen molar-refractivity contribution in [1.82, 2.24) is 14.8 Å². The van der Waals surface area contributed by atoms with Crippen molar-refractivity contribution >= 4 is 17.5 Å². The van der Waals surface area contributed by atoms with Crippen molar-refractivity contribution in [2.45, 2.75) is 25.4 Å². The molecular formula is C18H17ClN4. The first-order valence-electron chi connectivity index (χ1n) is 7.69. The Kier molecular flexibility index (Phi) is 3.54. The maximum Gasteiger partial charge on any atom is 0.222 e. The number of nitrogens with zero attached hydrogens (tertiary/aromatic N) is 3. The van der Waals surface area contributed by atoms with Crippen LogP contribution in [0.4, 0.5) is 5.95 Å². The lowest BCUT2D eigenvalue weighted by Gasteiger charge is -2.32. The average molecular weight is 325 g/mol. The summed E-state index contributed by atoms with van der Waals surface area (Å²) in [7, 11) is 0. The second-order valence-corrected chi connectivity index (χ2v) is 6.32. The molecule has 2 atom stereocenters. The van der Waals surface area contributed by atoms with Crippen LogP contribution >= 0.6 is 11.6 Å². The molecule has 4 rings (SSSR count). The van der Waals surface area contributed by atoms with Gasteiger partial charge < -0.3 is 5.32 Å². The molecule has 0 aliphatic carbocycles. The van der Waals surface area contributed by atoms with Crippen LogP contribution in [0.25, 0.3) is 0 Å². The quantitative estimate of drug-likeness (QED) is 0.760. The Balaban J connectivity index is 1.77. The number of rotatable bonds is 2. The molecule has 1 aliphatic rings. The second-order valence-electron chi connectivity index (χ2n) is 5.91. The van der Waals surface area contributed by atoms with Gasteiger partial charge in [-0.2, -0.15) is 10.1 Å². The number of aryl methyl sites for hydroxylation is 1. The summed E-state index contributed by atoms with van der Waals surface area (Å²) in [5.41, 5.74) is 3.59. The highest BCUT2D eigenvalue weighted by atomic mass is 35.5. The molecule has 0 spiro atoms. The van der Waals surface area contributed by atoms with Crippen LogP contribution in [-0.2, 0) is 0 Å². The van der Waals surface area contributed by atoms with E-state index in [9.17, 15) is 0 Å². The number of benzene rings is 2. The van der Waals surface area contributed by atoms with Crippen molar-refractivity contribution in [3.05, 3.63) is 76.6 Å². The first kappa shape index (κ1) is 14.3. The van der Waals surface area contributed by atoms with Gasteiger partial charge in [0.2, 0.25) is 5.95 Å². The number of anilines is 1. The molecule has 1 aliphatic heterocycles. The minimum Gasteiger partial charge on any atom is -0.347 e. The highest BCUT2D eigenvalue weighted by molar-refractivity contribution is 6.31. The van der Waals surface area contributed by atoms with Crippen molar-refractivity contribution in [2.75, 3.05) is 5.32 Å². The Bertz CT molecular complexity index is 842. The monoisotopic (exact) mass is 324 g/mol. The molecule has 0 bridgehead atoms. The number of halogens is 1. The molecule has 0 fully saturated rings. The molecule has 116 valence electrons. The van der Waals surface area contributed by atoms with Crippen molar-refractivity contribution in [3.8, 4) is 0 Å². The molecule has 4 nitrogen and oxygen atoms in total. The van der Waals surface area contributed by atoms with E-state index in [1.165, 1.54) is 11.1 Å². The smallest absolute Gasteiger partial charge is 0.222 e. The lowest BCUT2D eigenvalue weighted by molar-refractivity contribution is 0.431. The van der Waals surface area contributed by atoms with Crippen LogP contribution in [0, 0.1) is 6.92 Å². The van der Waals surface area contributed by atoms with Crippen molar-refractivity contribution in [1.29, 1.82) is 0 Å². The van der Waals surface area contributed by atoms with Crippen molar-refractivity contribution in [3.63, 3.8) is 0 Å². The van der Waals surface area contributed by atoms with Crippen LogP contribution in [0.5, 0.6) is 0 Å². The molecule has 0 radical (unpaired) electrons. The van der Waals surface area contributed by atoms with Gasteiger partial charge in [-0.1, -0.05) is 59.6 Å². The van der Waals surface area contributed by atoms with Crippen molar-refractivity contribution < 1.29 is 0 Å². The van der Waals surface area contributed by atoms with E-state index < -0.39 is 0 Å². The van der Waals surface area contributed by atoms with Crippen LogP contribution in [-0.4, -0.2) is 14.8 Å². The van der Waals surface area contributed by atoms with Gasteiger partial charge in [0.1, 0.15) is 6.33 Å². The molecule has 1 N–H and O–H groups in total. The molecule has 3 aromatic rings. The minimum absolute atomic E-state index is 0.117. The zero-order valence-electron chi connectivity index (χ0n) is 12.8. The van der Waals surface area contributed by atoms with E-state index in [2.05, 4.69) is 52.7 Å². The van der Waals surface area contributed by atoms with Gasteiger partial charge >= 0.3 is 0 Å². The number of hydrogen-bond acceptors (Lipinski definition) is 3. The fraction of sp³-hybridized carbons (Fsp3) is 0.222.